The minimum Gasteiger partial charge on any atom is -0.495 e. The van der Waals surface area contributed by atoms with Crippen LogP contribution in [0.1, 0.15) is 31.1 Å². The van der Waals surface area contributed by atoms with Gasteiger partial charge in [0.1, 0.15) is 17.0 Å². The molecule has 1 aromatic heterocycles. The molecule has 0 atom stereocenters. The predicted molar refractivity (Wildman–Crippen MR) is 132 cm³/mol. The second kappa shape index (κ2) is 8.92. The molecule has 176 valence electrons. The lowest BCUT2D eigenvalue weighted by molar-refractivity contribution is 0.102. The van der Waals surface area contributed by atoms with E-state index in [4.69, 9.17) is 4.74 Å². The average molecular weight is 479 g/mol. The fraction of sp³-hybridized carbons (Fsp3) is 0.200. The van der Waals surface area contributed by atoms with Crippen molar-refractivity contribution in [3.05, 3.63) is 78.6 Å². The Labute approximate surface area is 198 Å². The summed E-state index contributed by atoms with van der Waals surface area (Å²) in [7, 11) is -2.52. The minimum atomic E-state index is -3.90. The second-order valence-electron chi connectivity index (χ2n) is 8.83. The van der Waals surface area contributed by atoms with Crippen LogP contribution >= 0.6 is 0 Å². The summed E-state index contributed by atoms with van der Waals surface area (Å²) in [6, 6.07) is 19.5. The molecule has 4 rings (SSSR count). The Hall–Kier alpha value is -3.69. The lowest BCUT2D eigenvalue weighted by atomic mass is 10.1. The number of benzene rings is 3. The molecule has 0 unspecified atom stereocenters. The fourth-order valence-electron chi connectivity index (χ4n) is 3.56. The van der Waals surface area contributed by atoms with Crippen molar-refractivity contribution in [2.45, 2.75) is 31.2 Å². The Balaban J connectivity index is 1.57. The number of carbonyl (C=O) groups is 1. The number of nitrogens with one attached hydrogen (secondary N) is 2. The van der Waals surface area contributed by atoms with Crippen LogP contribution in [0.25, 0.3) is 16.7 Å². The van der Waals surface area contributed by atoms with Crippen molar-refractivity contribution < 1.29 is 17.9 Å². The van der Waals surface area contributed by atoms with Crippen molar-refractivity contribution in [3.63, 3.8) is 0 Å². The summed E-state index contributed by atoms with van der Waals surface area (Å²) in [5.74, 6) is -0.277. The molecule has 0 saturated carbocycles. The molecule has 0 aliphatic rings. The van der Waals surface area contributed by atoms with Gasteiger partial charge in [-0.05, 0) is 75.4 Å². The lowest BCUT2D eigenvalue weighted by Gasteiger charge is -2.21. The summed E-state index contributed by atoms with van der Waals surface area (Å²) >= 11 is 0. The van der Waals surface area contributed by atoms with Gasteiger partial charge in [0.25, 0.3) is 5.91 Å². The monoisotopic (exact) mass is 478 g/mol. The Morgan fingerprint density at radius 1 is 1.00 bits per heavy atom. The van der Waals surface area contributed by atoms with Crippen LogP contribution in [0.5, 0.6) is 5.75 Å². The molecule has 0 saturated heterocycles. The number of nitrogens with zero attached hydrogens (tertiary/aromatic N) is 2. The maximum Gasteiger partial charge on any atom is 0.255 e. The molecular weight excluding hydrogens is 452 g/mol. The highest BCUT2D eigenvalue weighted by Crippen LogP contribution is 2.27. The van der Waals surface area contributed by atoms with E-state index in [1.54, 1.807) is 39.2 Å². The van der Waals surface area contributed by atoms with Gasteiger partial charge >= 0.3 is 0 Å². The summed E-state index contributed by atoms with van der Waals surface area (Å²) in [5.41, 5.74) is 2.86. The number of amides is 1. The third kappa shape index (κ3) is 4.95. The first kappa shape index (κ1) is 23.5. The minimum absolute atomic E-state index is 0.0973. The molecule has 0 radical (unpaired) electrons. The third-order valence-corrected chi connectivity index (χ3v) is 6.79. The molecule has 0 aliphatic carbocycles. The maximum absolute atomic E-state index is 12.9. The van der Waals surface area contributed by atoms with Crippen LogP contribution in [-0.2, 0) is 10.0 Å². The van der Waals surface area contributed by atoms with Crippen molar-refractivity contribution >= 4 is 32.7 Å². The molecular formula is C25H26N4O4S. The molecule has 8 nitrogen and oxygen atoms in total. The van der Waals surface area contributed by atoms with E-state index in [9.17, 15) is 13.2 Å². The topological polar surface area (TPSA) is 102 Å². The van der Waals surface area contributed by atoms with Gasteiger partial charge in [-0.25, -0.2) is 18.1 Å². The first-order chi connectivity index (χ1) is 16.1. The maximum atomic E-state index is 12.9. The van der Waals surface area contributed by atoms with Crippen LogP contribution in [0.2, 0.25) is 0 Å². The average Bonchev–Trinajstić information content (AvgIpc) is 3.22. The first-order valence-corrected chi connectivity index (χ1v) is 12.1. The van der Waals surface area contributed by atoms with Gasteiger partial charge in [0.15, 0.2) is 0 Å². The Morgan fingerprint density at radius 3 is 2.38 bits per heavy atom. The molecule has 1 amide bonds. The molecule has 1 heterocycles. The van der Waals surface area contributed by atoms with Crippen LogP contribution in [0.3, 0.4) is 0 Å². The van der Waals surface area contributed by atoms with Crippen LogP contribution in [0.4, 0.5) is 5.69 Å². The molecule has 0 fully saturated rings. The molecule has 2 N–H and O–H groups in total. The highest BCUT2D eigenvalue weighted by atomic mass is 32.2. The van der Waals surface area contributed by atoms with Crippen molar-refractivity contribution in [1.82, 2.24) is 14.3 Å². The number of sulfonamides is 1. The molecule has 34 heavy (non-hydrogen) atoms. The van der Waals surface area contributed by atoms with Crippen molar-refractivity contribution in [3.8, 4) is 11.4 Å². The van der Waals surface area contributed by atoms with Gasteiger partial charge in [0, 0.05) is 22.5 Å². The van der Waals surface area contributed by atoms with Crippen molar-refractivity contribution in [2.75, 3.05) is 12.4 Å². The summed E-state index contributed by atoms with van der Waals surface area (Å²) in [6.07, 6.45) is 1.75. The fourth-order valence-corrected chi connectivity index (χ4v) is 5.17. The normalized spacial score (nSPS) is 12.0. The number of hydrogen-bond donors (Lipinski definition) is 2. The summed E-state index contributed by atoms with van der Waals surface area (Å²) < 4.78 is 35.5. The quantitative estimate of drug-likeness (QED) is 0.429. The first-order valence-electron chi connectivity index (χ1n) is 10.6. The number of anilines is 1. The number of aromatic nitrogens is 2. The van der Waals surface area contributed by atoms with E-state index in [0.717, 1.165) is 16.7 Å². The number of rotatable bonds is 6. The molecule has 3 aromatic carbocycles. The number of para-hydroxylation sites is 2. The van der Waals surface area contributed by atoms with Gasteiger partial charge in [-0.2, -0.15) is 0 Å². The van der Waals surface area contributed by atoms with E-state index in [0.29, 0.717) is 5.69 Å². The molecule has 0 spiro atoms. The molecule has 0 bridgehead atoms. The van der Waals surface area contributed by atoms with Gasteiger partial charge in [0.2, 0.25) is 10.0 Å². The molecule has 4 aromatic rings. The zero-order valence-corrected chi connectivity index (χ0v) is 20.2. The highest BCUT2D eigenvalue weighted by Gasteiger charge is 2.26. The zero-order valence-electron chi connectivity index (χ0n) is 19.4. The van der Waals surface area contributed by atoms with Crippen LogP contribution in [0, 0.1) is 0 Å². The van der Waals surface area contributed by atoms with Crippen LogP contribution in [0.15, 0.2) is 78.0 Å². The Morgan fingerprint density at radius 2 is 1.71 bits per heavy atom. The zero-order chi connectivity index (χ0) is 24.5. The largest absolute Gasteiger partial charge is 0.495 e. The molecule has 9 heteroatoms. The molecule has 0 aliphatic heterocycles. The number of fused-ring (bicyclic) bond motifs is 1. The third-order valence-electron chi connectivity index (χ3n) is 5.01. The number of ether oxygens (including phenoxy) is 1. The van der Waals surface area contributed by atoms with Gasteiger partial charge in [0.05, 0.1) is 18.1 Å². The lowest BCUT2D eigenvalue weighted by Crippen LogP contribution is -2.40. The van der Waals surface area contributed by atoms with E-state index in [1.165, 1.54) is 25.3 Å². The van der Waals surface area contributed by atoms with Crippen LogP contribution < -0.4 is 14.8 Å². The highest BCUT2D eigenvalue weighted by molar-refractivity contribution is 7.89. The Bertz CT molecular complexity index is 1450. The number of imidazole rings is 1. The van der Waals surface area contributed by atoms with Gasteiger partial charge in [-0.1, -0.05) is 12.1 Å². The van der Waals surface area contributed by atoms with Crippen LogP contribution in [-0.4, -0.2) is 36.5 Å². The Kier molecular flexibility index (Phi) is 6.16. The summed E-state index contributed by atoms with van der Waals surface area (Å²) in [4.78, 5) is 17.2. The second-order valence-corrected chi connectivity index (χ2v) is 10.5. The smallest absolute Gasteiger partial charge is 0.255 e. The van der Waals surface area contributed by atoms with Crippen molar-refractivity contribution in [1.29, 1.82) is 0 Å². The number of hydrogen-bond acceptors (Lipinski definition) is 5. The van der Waals surface area contributed by atoms with Gasteiger partial charge in [-0.3, -0.25) is 9.36 Å². The number of carbonyl (C=O) groups excluding carboxylic acids is 1. The van der Waals surface area contributed by atoms with Gasteiger partial charge < -0.3 is 10.1 Å². The van der Waals surface area contributed by atoms with Gasteiger partial charge in [-0.15, -0.1) is 0 Å². The number of methoxy groups -OCH3 is 1. The SMILES string of the molecule is COc1ccc(C(=O)Nc2ccc(-n3cnc4ccccc43)cc2)cc1S(=O)(=O)NC(C)(C)C. The predicted octanol–water partition coefficient (Wildman–Crippen LogP) is 4.36. The standard InChI is InChI=1S/C25H26N4O4S/c1-25(2,3)28-34(31,32)23-15-17(9-14-22(23)33-4)24(30)27-18-10-12-19(13-11-18)29-16-26-20-7-5-6-8-21(20)29/h5-16,28H,1-4H3,(H,27,30). The summed E-state index contributed by atoms with van der Waals surface area (Å²) in [6.45, 7) is 5.22. The van der Waals surface area contributed by atoms with E-state index in [-0.39, 0.29) is 16.2 Å². The van der Waals surface area contributed by atoms with E-state index >= 15 is 0 Å². The van der Waals surface area contributed by atoms with E-state index in [1.807, 2.05) is 41.0 Å². The summed E-state index contributed by atoms with van der Waals surface area (Å²) in [5, 5.41) is 2.81. The van der Waals surface area contributed by atoms with E-state index in [2.05, 4.69) is 15.0 Å². The van der Waals surface area contributed by atoms with Crippen molar-refractivity contribution in [2.24, 2.45) is 0 Å². The van der Waals surface area contributed by atoms with E-state index < -0.39 is 21.5 Å².